The van der Waals surface area contributed by atoms with Crippen molar-refractivity contribution in [3.8, 4) is 5.75 Å². The molecule has 1 saturated heterocycles. The van der Waals surface area contributed by atoms with Crippen LogP contribution in [0.3, 0.4) is 0 Å². The molecule has 2 aromatic rings. The summed E-state index contributed by atoms with van der Waals surface area (Å²) in [5.74, 6) is 0.335. The van der Waals surface area contributed by atoms with Gasteiger partial charge >= 0.3 is 0 Å². The molecule has 1 aliphatic heterocycles. The van der Waals surface area contributed by atoms with Crippen molar-refractivity contribution in [2.24, 2.45) is 4.99 Å². The Bertz CT molecular complexity index is 958. The van der Waals surface area contributed by atoms with Crippen molar-refractivity contribution in [2.75, 3.05) is 19.0 Å². The monoisotopic (exact) mass is 411 g/mol. The molecule has 152 valence electrons. The van der Waals surface area contributed by atoms with E-state index >= 15 is 0 Å². The van der Waals surface area contributed by atoms with Crippen molar-refractivity contribution in [2.45, 2.75) is 32.4 Å². The Morgan fingerprint density at radius 2 is 2.03 bits per heavy atom. The molecule has 1 fully saturated rings. The zero-order chi connectivity index (χ0) is 21.0. The van der Waals surface area contributed by atoms with E-state index in [4.69, 9.17) is 4.74 Å². The highest BCUT2D eigenvalue weighted by molar-refractivity contribution is 8.15. The van der Waals surface area contributed by atoms with Gasteiger partial charge in [0.1, 0.15) is 11.0 Å². The van der Waals surface area contributed by atoms with Gasteiger partial charge in [0.25, 0.3) is 0 Å². The number of carbonyl (C=O) groups excluding carboxylic acids is 2. The van der Waals surface area contributed by atoms with E-state index in [9.17, 15) is 9.59 Å². The summed E-state index contributed by atoms with van der Waals surface area (Å²) in [7, 11) is 1.69. The zero-order valence-corrected chi connectivity index (χ0v) is 17.9. The fraction of sp³-hybridized carbons (Fsp3) is 0.318. The summed E-state index contributed by atoms with van der Waals surface area (Å²) in [4.78, 5) is 31.4. The predicted molar refractivity (Wildman–Crippen MR) is 118 cm³/mol. The maximum absolute atomic E-state index is 12.8. The largest absolute Gasteiger partial charge is 0.494 e. The minimum atomic E-state index is -0.542. The van der Waals surface area contributed by atoms with Crippen LogP contribution in [0.4, 0.5) is 11.4 Å². The lowest BCUT2D eigenvalue weighted by Gasteiger charge is -2.28. The Balaban J connectivity index is 1.77. The third-order valence-electron chi connectivity index (χ3n) is 4.69. The summed E-state index contributed by atoms with van der Waals surface area (Å²) in [5, 5.41) is 2.86. The maximum atomic E-state index is 12.8. The lowest BCUT2D eigenvalue weighted by Crippen LogP contribution is -2.43. The van der Waals surface area contributed by atoms with Gasteiger partial charge in [-0.05, 0) is 56.2 Å². The first kappa shape index (κ1) is 20.9. The quantitative estimate of drug-likeness (QED) is 0.797. The van der Waals surface area contributed by atoms with Crippen LogP contribution >= 0.6 is 11.8 Å². The first-order valence-corrected chi connectivity index (χ1v) is 10.4. The maximum Gasteiger partial charge on any atom is 0.238 e. The molecule has 1 heterocycles. The minimum Gasteiger partial charge on any atom is -0.494 e. The third-order valence-corrected chi connectivity index (χ3v) is 5.93. The average Bonchev–Trinajstić information content (AvgIpc) is 2.68. The summed E-state index contributed by atoms with van der Waals surface area (Å²) < 4.78 is 5.47. The van der Waals surface area contributed by atoms with Crippen LogP contribution in [0.25, 0.3) is 0 Å². The Morgan fingerprint density at radius 1 is 1.24 bits per heavy atom. The molecule has 1 N–H and O–H groups in total. The number of rotatable bonds is 5. The molecular formula is C22H25N3O3S. The van der Waals surface area contributed by atoms with Gasteiger partial charge in [0, 0.05) is 25.2 Å². The van der Waals surface area contributed by atoms with Gasteiger partial charge in [0.15, 0.2) is 5.17 Å². The highest BCUT2D eigenvalue weighted by Crippen LogP contribution is 2.30. The standard InChI is InChI=1S/C22H25N3O3S/c1-5-28-18-8-6-7-16(12-18)23-21(27)19-13-20(26)25(4)22(29-19)24-17-10-9-14(2)15(3)11-17/h6-12,19H,5,13H2,1-4H3,(H,23,27). The van der Waals surface area contributed by atoms with Gasteiger partial charge in [-0.25, -0.2) is 4.99 Å². The van der Waals surface area contributed by atoms with Crippen molar-refractivity contribution >= 4 is 40.1 Å². The number of amides is 2. The molecule has 0 bridgehead atoms. The second kappa shape index (κ2) is 9.13. The predicted octanol–water partition coefficient (Wildman–Crippen LogP) is 4.29. The number of aliphatic imine (C=N–C) groups is 1. The van der Waals surface area contributed by atoms with Gasteiger partial charge in [-0.2, -0.15) is 0 Å². The molecule has 29 heavy (non-hydrogen) atoms. The van der Waals surface area contributed by atoms with Crippen LogP contribution < -0.4 is 10.1 Å². The molecule has 0 aromatic heterocycles. The molecule has 1 unspecified atom stereocenters. The number of hydrogen-bond acceptors (Lipinski definition) is 5. The normalized spacial score (nSPS) is 18.1. The van der Waals surface area contributed by atoms with Crippen molar-refractivity contribution in [1.29, 1.82) is 0 Å². The number of thioether (sulfide) groups is 1. The number of benzene rings is 2. The van der Waals surface area contributed by atoms with Crippen molar-refractivity contribution in [1.82, 2.24) is 4.90 Å². The van der Waals surface area contributed by atoms with E-state index in [2.05, 4.69) is 10.3 Å². The van der Waals surface area contributed by atoms with Crippen LogP contribution in [0.5, 0.6) is 5.75 Å². The van der Waals surface area contributed by atoms with Crippen molar-refractivity contribution < 1.29 is 14.3 Å². The minimum absolute atomic E-state index is 0.129. The number of nitrogens with one attached hydrogen (secondary N) is 1. The third kappa shape index (κ3) is 5.17. The Kier molecular flexibility index (Phi) is 6.59. The number of hydrogen-bond donors (Lipinski definition) is 1. The van der Waals surface area contributed by atoms with Crippen molar-refractivity contribution in [3.63, 3.8) is 0 Å². The van der Waals surface area contributed by atoms with Crippen LogP contribution in [0, 0.1) is 13.8 Å². The Labute approximate surface area is 175 Å². The molecule has 0 saturated carbocycles. The molecule has 2 aromatic carbocycles. The average molecular weight is 412 g/mol. The molecule has 3 rings (SSSR count). The molecule has 7 heteroatoms. The van der Waals surface area contributed by atoms with E-state index in [1.165, 1.54) is 22.2 Å². The zero-order valence-electron chi connectivity index (χ0n) is 17.1. The molecule has 6 nitrogen and oxygen atoms in total. The van der Waals surface area contributed by atoms with Crippen LogP contribution in [0.2, 0.25) is 0 Å². The Morgan fingerprint density at radius 3 is 2.76 bits per heavy atom. The summed E-state index contributed by atoms with van der Waals surface area (Å²) in [6.07, 6.45) is 0.129. The van der Waals surface area contributed by atoms with E-state index in [0.29, 0.717) is 23.2 Å². The van der Waals surface area contributed by atoms with Crippen LogP contribution in [0.1, 0.15) is 24.5 Å². The SMILES string of the molecule is CCOc1cccc(NC(=O)C2CC(=O)N(C)C(=Nc3ccc(C)c(C)c3)S2)c1. The van der Waals surface area contributed by atoms with E-state index in [1.54, 1.807) is 19.2 Å². The van der Waals surface area contributed by atoms with E-state index in [1.807, 2.05) is 51.1 Å². The van der Waals surface area contributed by atoms with Crippen LogP contribution in [-0.2, 0) is 9.59 Å². The number of aryl methyl sites for hydroxylation is 2. The van der Waals surface area contributed by atoms with Crippen LogP contribution in [0.15, 0.2) is 47.5 Å². The first-order valence-electron chi connectivity index (χ1n) is 9.50. The first-order chi connectivity index (χ1) is 13.9. The smallest absolute Gasteiger partial charge is 0.238 e. The summed E-state index contributed by atoms with van der Waals surface area (Å²) in [6.45, 7) is 6.52. The molecule has 0 spiro atoms. The second-order valence-corrected chi connectivity index (χ2v) is 8.05. The van der Waals surface area contributed by atoms with E-state index in [-0.39, 0.29) is 18.2 Å². The Hall–Kier alpha value is -2.80. The second-order valence-electron chi connectivity index (χ2n) is 6.88. The number of amidine groups is 1. The fourth-order valence-corrected chi connectivity index (χ4v) is 3.92. The molecule has 0 radical (unpaired) electrons. The highest BCUT2D eigenvalue weighted by Gasteiger charge is 2.34. The number of nitrogens with zero attached hydrogens (tertiary/aromatic N) is 2. The fourth-order valence-electron chi connectivity index (χ4n) is 2.86. The number of ether oxygens (including phenoxy) is 1. The lowest BCUT2D eigenvalue weighted by atomic mass is 10.1. The van der Waals surface area contributed by atoms with Gasteiger partial charge in [-0.3, -0.25) is 14.5 Å². The van der Waals surface area contributed by atoms with Gasteiger partial charge in [0.05, 0.1) is 12.3 Å². The molecule has 0 aliphatic carbocycles. The summed E-state index contributed by atoms with van der Waals surface area (Å²) in [6, 6.07) is 13.1. The molecule has 1 aliphatic rings. The van der Waals surface area contributed by atoms with Gasteiger partial charge in [-0.15, -0.1) is 0 Å². The number of carbonyl (C=O) groups is 2. The van der Waals surface area contributed by atoms with E-state index in [0.717, 1.165) is 11.3 Å². The van der Waals surface area contributed by atoms with Gasteiger partial charge < -0.3 is 10.1 Å². The van der Waals surface area contributed by atoms with Gasteiger partial charge in [-0.1, -0.05) is 23.9 Å². The molecule has 1 atom stereocenters. The summed E-state index contributed by atoms with van der Waals surface area (Å²) in [5.41, 5.74) is 3.72. The molecular weight excluding hydrogens is 386 g/mol. The van der Waals surface area contributed by atoms with Crippen molar-refractivity contribution in [3.05, 3.63) is 53.6 Å². The lowest BCUT2D eigenvalue weighted by molar-refractivity contribution is -0.128. The van der Waals surface area contributed by atoms with Crippen LogP contribution in [-0.4, -0.2) is 40.8 Å². The number of anilines is 1. The van der Waals surface area contributed by atoms with E-state index < -0.39 is 5.25 Å². The topological polar surface area (TPSA) is 71.0 Å². The summed E-state index contributed by atoms with van der Waals surface area (Å²) >= 11 is 1.30. The molecule has 2 amide bonds. The highest BCUT2D eigenvalue weighted by atomic mass is 32.2. The van der Waals surface area contributed by atoms with Gasteiger partial charge in [0.2, 0.25) is 11.8 Å².